The van der Waals surface area contributed by atoms with Crippen LogP contribution in [0, 0.1) is 0 Å². The summed E-state index contributed by atoms with van der Waals surface area (Å²) in [6.07, 6.45) is 0. The normalized spacial score (nSPS) is 12.3. The number of para-hydroxylation sites is 6. The van der Waals surface area contributed by atoms with Gasteiger partial charge in [-0.3, -0.25) is 4.57 Å². The molecule has 16 aromatic carbocycles. The molecule has 0 saturated heterocycles. The zero-order chi connectivity index (χ0) is 73.0. The number of halogens is 3. The van der Waals surface area contributed by atoms with Crippen LogP contribution in [0.2, 0.25) is 15.5 Å². The Morgan fingerprint density at radius 2 is 0.676 bits per heavy atom. The minimum atomic E-state index is 0.156. The Balaban J connectivity index is 0.000000112. The molecule has 0 amide bonds. The molecule has 111 heavy (non-hydrogen) atoms. The average Bonchev–Trinajstić information content (AvgIpc) is 1.51. The lowest BCUT2D eigenvalue weighted by molar-refractivity contribution is 0.652. The van der Waals surface area contributed by atoms with Crippen molar-refractivity contribution in [2.75, 3.05) is 0 Å². The number of H-pyrrole nitrogens is 1. The fourth-order valence-electron chi connectivity index (χ4n) is 17.3. The topological polar surface area (TPSA) is 151 Å². The van der Waals surface area contributed by atoms with Crippen molar-refractivity contribution in [2.45, 2.75) is 0 Å². The molecule has 520 valence electrons. The molecule has 26 rings (SSSR count). The molecular weight excluding hydrogens is 1440 g/mol. The molecule has 0 radical (unpaired) electrons. The Morgan fingerprint density at radius 1 is 0.261 bits per heavy atom. The van der Waals surface area contributed by atoms with Gasteiger partial charge in [-0.05, 0) is 152 Å². The van der Waals surface area contributed by atoms with Crippen LogP contribution in [0.5, 0.6) is 0 Å². The number of nitrogens with zero attached hydrogens (tertiary/aromatic N) is 5. The molecule has 1 N–H and O–H groups in total. The summed E-state index contributed by atoms with van der Waals surface area (Å²) in [7, 11) is 0. The predicted octanol–water partition coefficient (Wildman–Crippen LogP) is 28.7. The monoisotopic (exact) mass is 1490 g/mol. The van der Waals surface area contributed by atoms with Crippen molar-refractivity contribution in [1.82, 2.24) is 29.5 Å². The quantitative estimate of drug-likeness (QED) is 0.181. The molecule has 26 aromatic rings. The van der Waals surface area contributed by atoms with Gasteiger partial charge in [0.15, 0.2) is 32.4 Å². The molecule has 0 atom stereocenters. The van der Waals surface area contributed by atoms with Crippen LogP contribution < -0.4 is 0 Å². The van der Waals surface area contributed by atoms with Crippen molar-refractivity contribution in [3.8, 4) is 28.1 Å². The summed E-state index contributed by atoms with van der Waals surface area (Å²) in [6.45, 7) is 0. The maximum absolute atomic E-state index is 7.14. The average molecular weight is 1490 g/mol. The molecule has 0 aliphatic rings. The minimum absolute atomic E-state index is 0.156. The van der Waals surface area contributed by atoms with Crippen molar-refractivity contribution in [3.05, 3.63) is 307 Å². The maximum atomic E-state index is 7.14. The minimum Gasteiger partial charge on any atom is -0.456 e. The highest BCUT2D eigenvalue weighted by Gasteiger charge is 2.28. The summed E-state index contributed by atoms with van der Waals surface area (Å²) in [5.41, 5.74) is 19.1. The molecule has 15 heteroatoms. The van der Waals surface area contributed by atoms with E-state index in [-0.39, 0.29) is 15.5 Å². The highest BCUT2D eigenvalue weighted by Crippen LogP contribution is 2.51. The Bertz CT molecular complexity index is 8570. The van der Waals surface area contributed by atoms with Crippen molar-refractivity contribution in [3.63, 3.8) is 0 Å². The number of aromatic nitrogens is 6. The molecule has 0 unspecified atom stereocenters. The van der Waals surface area contributed by atoms with Crippen LogP contribution in [0.3, 0.4) is 0 Å². The standard InChI is InChI=1S/C48H24ClN3O3.C38H21NO2.C10H4Cl2N2O/c49-46-47(50-42-32-13-5-8-16-38(32)54-48(42)51-46)52-36-14-6-3-12-31(36)40-35-24-26(27-19-22-39-34(23-27)29-11-4-7-15-37(29)53-39)18-20-30(35)41-33-21-17-25-9-1-2-10-28(25)44(33)55-45(41)43(40)52;1-2-8-24-21(7-1)13-17-28-35-26-16-14-22(23-15-18-33-29(19-23)25-9-4-6-12-32(25)40-33)20-30(26)34-27-10-3-5-11-31(27)39-36(34)38(35)41-37(24)28;11-8-9(12)14-10-7(13-8)5-3-1-2-4-6(5)15-10/h1-24H;1-20,39H;1-4H. The van der Waals surface area contributed by atoms with E-state index in [4.69, 9.17) is 71.3 Å². The van der Waals surface area contributed by atoms with E-state index in [1.165, 1.54) is 38.1 Å². The smallest absolute Gasteiger partial charge is 0.247 e. The molecular formula is C96H49Cl3N6O6. The number of hydrogen-bond donors (Lipinski definition) is 1. The third-order valence-electron chi connectivity index (χ3n) is 22.2. The predicted molar refractivity (Wildman–Crippen MR) is 454 cm³/mol. The first-order valence-corrected chi connectivity index (χ1v) is 37.5. The Kier molecular flexibility index (Phi) is 13.1. The van der Waals surface area contributed by atoms with E-state index in [2.05, 4.69) is 232 Å². The summed E-state index contributed by atoms with van der Waals surface area (Å²) in [4.78, 5) is 21.9. The third-order valence-corrected chi connectivity index (χ3v) is 23.1. The van der Waals surface area contributed by atoms with E-state index in [0.29, 0.717) is 33.9 Å². The van der Waals surface area contributed by atoms with Crippen molar-refractivity contribution < 1.29 is 26.5 Å². The zero-order valence-electron chi connectivity index (χ0n) is 58.0. The Hall–Kier alpha value is -14.0. The van der Waals surface area contributed by atoms with Gasteiger partial charge in [-0.25, -0.2) is 9.97 Å². The first kappa shape index (κ1) is 62.1. The number of fused-ring (bicyclic) bond motifs is 36. The number of nitrogens with one attached hydrogen (secondary N) is 1. The molecule has 10 aromatic heterocycles. The van der Waals surface area contributed by atoms with Crippen molar-refractivity contribution in [2.24, 2.45) is 0 Å². The third kappa shape index (κ3) is 9.18. The van der Waals surface area contributed by atoms with Gasteiger partial charge in [-0.15, -0.1) is 0 Å². The molecule has 0 bridgehead atoms. The summed E-state index contributed by atoms with van der Waals surface area (Å²) >= 11 is 18.7. The summed E-state index contributed by atoms with van der Waals surface area (Å²) in [5, 5.41) is 24.8. The first-order chi connectivity index (χ1) is 54.7. The number of hydrogen-bond acceptors (Lipinski definition) is 10. The van der Waals surface area contributed by atoms with E-state index >= 15 is 0 Å². The van der Waals surface area contributed by atoms with Gasteiger partial charge in [0.2, 0.25) is 11.4 Å². The second-order valence-corrected chi connectivity index (χ2v) is 29.3. The van der Waals surface area contributed by atoms with Gasteiger partial charge in [-0.2, -0.15) is 9.97 Å². The second kappa shape index (κ2) is 23.5. The number of benzene rings is 16. The SMILES string of the molecule is Clc1nc2oc3ccccc3c2nc1-n1c2ccccc2c2c3cc(-c4ccc5oc6ccccc6c5c4)ccc3c3c4ccc5ccccc5c4oc3c21.Clc1nc2oc3ccccc3c2nc1Cl.c1ccc2c(c1)ccc1c2oc2c3[nH]c4ccccc4c3c3cc(-c4ccc5oc6ccccc6c5c4)ccc3c12. The van der Waals surface area contributed by atoms with Crippen LogP contribution in [0.25, 0.3) is 247 Å². The fraction of sp³-hybridized carbons (Fsp3) is 0. The van der Waals surface area contributed by atoms with Crippen LogP contribution in [-0.2, 0) is 0 Å². The van der Waals surface area contributed by atoms with Crippen LogP contribution >= 0.6 is 34.8 Å². The lowest BCUT2D eigenvalue weighted by atomic mass is 9.94. The van der Waals surface area contributed by atoms with E-state index < -0.39 is 0 Å². The second-order valence-electron chi connectivity index (χ2n) is 28.2. The van der Waals surface area contributed by atoms with Crippen molar-refractivity contribution in [1.29, 1.82) is 0 Å². The van der Waals surface area contributed by atoms with E-state index in [0.717, 1.165) is 175 Å². The molecule has 10 heterocycles. The van der Waals surface area contributed by atoms with Gasteiger partial charge in [0.25, 0.3) is 0 Å². The van der Waals surface area contributed by atoms with Gasteiger partial charge < -0.3 is 31.5 Å². The van der Waals surface area contributed by atoms with Crippen LogP contribution in [0.4, 0.5) is 0 Å². The largest absolute Gasteiger partial charge is 0.456 e. The van der Waals surface area contributed by atoms with Crippen LogP contribution in [-0.4, -0.2) is 29.5 Å². The fourth-order valence-corrected chi connectivity index (χ4v) is 17.7. The summed E-state index contributed by atoms with van der Waals surface area (Å²) in [5.74, 6) is 0.506. The number of rotatable bonds is 3. The molecule has 0 spiro atoms. The number of furan rings is 6. The highest BCUT2D eigenvalue weighted by molar-refractivity contribution is 6.41. The molecule has 12 nitrogen and oxygen atoms in total. The Morgan fingerprint density at radius 3 is 1.26 bits per heavy atom. The van der Waals surface area contributed by atoms with Crippen LogP contribution in [0.1, 0.15) is 0 Å². The van der Waals surface area contributed by atoms with Gasteiger partial charge in [-0.1, -0.05) is 229 Å². The van der Waals surface area contributed by atoms with Crippen molar-refractivity contribution >= 4 is 254 Å². The Labute approximate surface area is 640 Å². The molecule has 0 saturated carbocycles. The zero-order valence-corrected chi connectivity index (χ0v) is 60.3. The van der Waals surface area contributed by atoms with E-state index in [1.54, 1.807) is 0 Å². The van der Waals surface area contributed by atoms with Gasteiger partial charge in [0, 0.05) is 91.7 Å². The lowest BCUT2D eigenvalue weighted by Crippen LogP contribution is -2.01. The maximum Gasteiger partial charge on any atom is 0.247 e. The first-order valence-electron chi connectivity index (χ1n) is 36.4. The van der Waals surface area contributed by atoms with Crippen LogP contribution in [0.15, 0.2) is 318 Å². The molecule has 0 fully saturated rings. The number of aromatic amines is 1. The summed E-state index contributed by atoms with van der Waals surface area (Å²) < 4.78 is 39.9. The molecule has 0 aliphatic heterocycles. The van der Waals surface area contributed by atoms with Gasteiger partial charge in [0.1, 0.15) is 55.7 Å². The van der Waals surface area contributed by atoms with E-state index in [1.807, 2.05) is 78.9 Å². The van der Waals surface area contributed by atoms with Gasteiger partial charge in [0.05, 0.1) is 16.6 Å². The summed E-state index contributed by atoms with van der Waals surface area (Å²) in [6, 6.07) is 101. The lowest BCUT2D eigenvalue weighted by Gasteiger charge is -2.11. The highest BCUT2D eigenvalue weighted by atomic mass is 35.5. The van der Waals surface area contributed by atoms with E-state index in [9.17, 15) is 0 Å². The van der Waals surface area contributed by atoms with Gasteiger partial charge >= 0.3 is 0 Å². The molecule has 0 aliphatic carbocycles.